The maximum absolute atomic E-state index is 5.97. The summed E-state index contributed by atoms with van der Waals surface area (Å²) in [4.78, 5) is 6.56. The van der Waals surface area contributed by atoms with E-state index < -0.39 is 0 Å². The van der Waals surface area contributed by atoms with E-state index in [4.69, 9.17) is 5.73 Å². The monoisotopic (exact) mass is 232 g/mol. The molecule has 2 aromatic rings. The Morgan fingerprint density at radius 3 is 2.53 bits per heavy atom. The van der Waals surface area contributed by atoms with E-state index in [-0.39, 0.29) is 0 Å². The summed E-state index contributed by atoms with van der Waals surface area (Å²) in [6.45, 7) is 6.05. The quantitative estimate of drug-likeness (QED) is 0.877. The fourth-order valence-electron chi connectivity index (χ4n) is 1.93. The Kier molecular flexibility index (Phi) is 3.07. The molecule has 1 heterocycles. The Morgan fingerprint density at radius 2 is 1.88 bits per heavy atom. The molecule has 0 aliphatic heterocycles. The van der Waals surface area contributed by atoms with Gasteiger partial charge in [0.15, 0.2) is 0 Å². The maximum Gasteiger partial charge on any atom is 0.201 e. The van der Waals surface area contributed by atoms with Gasteiger partial charge in [0.2, 0.25) is 5.95 Å². The van der Waals surface area contributed by atoms with Crippen LogP contribution in [0.2, 0.25) is 0 Å². The molecule has 1 aromatic heterocycles. The lowest BCUT2D eigenvalue weighted by Crippen LogP contribution is -2.19. The average molecular weight is 232 g/mol. The molecule has 0 amide bonds. The van der Waals surface area contributed by atoms with Gasteiger partial charge in [-0.25, -0.2) is 4.98 Å². The molecule has 0 saturated carbocycles. The maximum atomic E-state index is 5.97. The van der Waals surface area contributed by atoms with Crippen LogP contribution in [0.5, 0.6) is 0 Å². The number of nitrogens with zero attached hydrogens (tertiary/aromatic N) is 3. The molecule has 0 spiro atoms. The second kappa shape index (κ2) is 4.37. The third kappa shape index (κ3) is 2.26. The van der Waals surface area contributed by atoms with Gasteiger partial charge in [0, 0.05) is 13.1 Å². The van der Waals surface area contributed by atoms with Gasteiger partial charge in [-0.05, 0) is 51.2 Å². The van der Waals surface area contributed by atoms with Gasteiger partial charge >= 0.3 is 0 Å². The van der Waals surface area contributed by atoms with Crippen LogP contribution in [0.3, 0.4) is 0 Å². The molecule has 0 fully saturated rings. The van der Waals surface area contributed by atoms with Gasteiger partial charge in [0.25, 0.3) is 0 Å². The van der Waals surface area contributed by atoms with Crippen LogP contribution < -0.4 is 5.73 Å². The van der Waals surface area contributed by atoms with Crippen LogP contribution >= 0.6 is 0 Å². The van der Waals surface area contributed by atoms with Crippen molar-refractivity contribution in [2.24, 2.45) is 0 Å². The number of hydrogen-bond donors (Lipinski definition) is 1. The van der Waals surface area contributed by atoms with Crippen molar-refractivity contribution in [3.05, 3.63) is 23.3 Å². The lowest BCUT2D eigenvalue weighted by Gasteiger charge is -2.12. The van der Waals surface area contributed by atoms with Gasteiger partial charge in [0.05, 0.1) is 11.0 Å². The summed E-state index contributed by atoms with van der Waals surface area (Å²) < 4.78 is 2.09. The third-order valence-corrected chi connectivity index (χ3v) is 3.16. The summed E-state index contributed by atoms with van der Waals surface area (Å²) >= 11 is 0. The van der Waals surface area contributed by atoms with Gasteiger partial charge in [-0.1, -0.05) is 0 Å². The number of anilines is 1. The molecule has 4 nitrogen and oxygen atoms in total. The molecule has 17 heavy (non-hydrogen) atoms. The van der Waals surface area contributed by atoms with Gasteiger partial charge in [-0.2, -0.15) is 0 Å². The Labute approximate surface area is 102 Å². The molecule has 0 aliphatic carbocycles. The highest BCUT2D eigenvalue weighted by atomic mass is 15.2. The van der Waals surface area contributed by atoms with Crippen molar-refractivity contribution >= 4 is 17.0 Å². The van der Waals surface area contributed by atoms with Crippen LogP contribution in [0, 0.1) is 13.8 Å². The fourth-order valence-corrected chi connectivity index (χ4v) is 1.93. The topological polar surface area (TPSA) is 47.1 Å². The predicted molar refractivity (Wildman–Crippen MR) is 72.2 cm³/mol. The number of aromatic nitrogens is 2. The first-order valence-electron chi connectivity index (χ1n) is 5.86. The van der Waals surface area contributed by atoms with E-state index in [2.05, 4.69) is 54.5 Å². The highest BCUT2D eigenvalue weighted by molar-refractivity contribution is 5.80. The Hall–Kier alpha value is -1.55. The van der Waals surface area contributed by atoms with E-state index in [0.717, 1.165) is 24.1 Å². The first-order chi connectivity index (χ1) is 7.99. The number of aryl methyl sites for hydroxylation is 2. The summed E-state index contributed by atoms with van der Waals surface area (Å²) in [6, 6.07) is 4.27. The molecule has 2 N–H and O–H groups in total. The molecule has 0 atom stereocenters. The van der Waals surface area contributed by atoms with E-state index in [1.54, 1.807) is 0 Å². The van der Waals surface area contributed by atoms with E-state index in [0.29, 0.717) is 5.95 Å². The molecule has 2 rings (SSSR count). The van der Waals surface area contributed by atoms with Gasteiger partial charge < -0.3 is 15.2 Å². The van der Waals surface area contributed by atoms with Crippen molar-refractivity contribution in [3.63, 3.8) is 0 Å². The van der Waals surface area contributed by atoms with E-state index in [1.807, 2.05) is 0 Å². The number of nitrogens with two attached hydrogens (primary N) is 1. The number of rotatable bonds is 3. The van der Waals surface area contributed by atoms with Crippen LogP contribution in [0.4, 0.5) is 5.95 Å². The Morgan fingerprint density at radius 1 is 1.24 bits per heavy atom. The second-order valence-electron chi connectivity index (χ2n) is 4.85. The van der Waals surface area contributed by atoms with E-state index >= 15 is 0 Å². The SMILES string of the molecule is Cc1cc2nc(N)n(CCN(C)C)c2cc1C. The smallest absolute Gasteiger partial charge is 0.201 e. The molecular formula is C13H20N4. The highest BCUT2D eigenvalue weighted by Crippen LogP contribution is 2.21. The van der Waals surface area contributed by atoms with Gasteiger partial charge in [0.1, 0.15) is 0 Å². The summed E-state index contributed by atoms with van der Waals surface area (Å²) in [5, 5.41) is 0. The lowest BCUT2D eigenvalue weighted by molar-refractivity contribution is 0.387. The number of benzene rings is 1. The van der Waals surface area contributed by atoms with Gasteiger partial charge in [-0.3, -0.25) is 0 Å². The predicted octanol–water partition coefficient (Wildman–Crippen LogP) is 1.80. The number of hydrogen-bond acceptors (Lipinski definition) is 3. The molecule has 0 aliphatic rings. The first kappa shape index (κ1) is 11.9. The lowest BCUT2D eigenvalue weighted by atomic mass is 10.1. The first-order valence-corrected chi connectivity index (χ1v) is 5.86. The molecular weight excluding hydrogens is 212 g/mol. The molecule has 4 heteroatoms. The zero-order valence-electron chi connectivity index (χ0n) is 11.0. The highest BCUT2D eigenvalue weighted by Gasteiger charge is 2.09. The third-order valence-electron chi connectivity index (χ3n) is 3.16. The average Bonchev–Trinajstić information content (AvgIpc) is 2.52. The van der Waals surface area contributed by atoms with Crippen molar-refractivity contribution in [1.82, 2.24) is 14.5 Å². The Balaban J connectivity index is 2.47. The van der Waals surface area contributed by atoms with Crippen LogP contribution in [-0.2, 0) is 6.54 Å². The van der Waals surface area contributed by atoms with Crippen LogP contribution in [0.25, 0.3) is 11.0 Å². The summed E-state index contributed by atoms with van der Waals surface area (Å²) in [5.41, 5.74) is 10.6. The van der Waals surface area contributed by atoms with Crippen molar-refractivity contribution in [1.29, 1.82) is 0 Å². The van der Waals surface area contributed by atoms with Crippen molar-refractivity contribution in [3.8, 4) is 0 Å². The molecule has 0 bridgehead atoms. The zero-order valence-corrected chi connectivity index (χ0v) is 11.0. The van der Waals surface area contributed by atoms with E-state index in [9.17, 15) is 0 Å². The number of likely N-dealkylation sites (N-methyl/N-ethyl adjacent to an activating group) is 1. The summed E-state index contributed by atoms with van der Waals surface area (Å²) in [6.07, 6.45) is 0. The Bertz CT molecular complexity index is 540. The molecule has 0 radical (unpaired) electrons. The van der Waals surface area contributed by atoms with E-state index in [1.165, 1.54) is 11.1 Å². The zero-order chi connectivity index (χ0) is 12.6. The number of imidazole rings is 1. The minimum atomic E-state index is 0.604. The standard InChI is InChI=1S/C13H20N4/c1-9-7-11-12(8-10(9)2)17(13(14)15-11)6-5-16(3)4/h7-8H,5-6H2,1-4H3,(H2,14,15). The summed E-state index contributed by atoms with van der Waals surface area (Å²) in [5.74, 6) is 0.604. The van der Waals surface area contributed by atoms with Gasteiger partial charge in [-0.15, -0.1) is 0 Å². The molecule has 1 aromatic carbocycles. The normalized spacial score (nSPS) is 11.6. The van der Waals surface area contributed by atoms with Crippen molar-refractivity contribution < 1.29 is 0 Å². The van der Waals surface area contributed by atoms with Crippen LogP contribution in [-0.4, -0.2) is 35.1 Å². The van der Waals surface area contributed by atoms with Crippen LogP contribution in [0.1, 0.15) is 11.1 Å². The van der Waals surface area contributed by atoms with Crippen molar-refractivity contribution in [2.45, 2.75) is 20.4 Å². The number of fused-ring (bicyclic) bond motifs is 1. The molecule has 0 saturated heterocycles. The molecule has 92 valence electrons. The number of nitrogen functional groups attached to an aromatic ring is 1. The van der Waals surface area contributed by atoms with Crippen molar-refractivity contribution in [2.75, 3.05) is 26.4 Å². The second-order valence-corrected chi connectivity index (χ2v) is 4.85. The van der Waals surface area contributed by atoms with Crippen LogP contribution in [0.15, 0.2) is 12.1 Å². The minimum Gasteiger partial charge on any atom is -0.369 e. The summed E-state index contributed by atoms with van der Waals surface area (Å²) in [7, 11) is 4.12. The fraction of sp³-hybridized carbons (Fsp3) is 0.462. The molecule has 0 unspecified atom stereocenters. The largest absolute Gasteiger partial charge is 0.369 e. The minimum absolute atomic E-state index is 0.604.